The van der Waals surface area contributed by atoms with Gasteiger partial charge in [-0.1, -0.05) is 13.3 Å². The smallest absolute Gasteiger partial charge is 0.264 e. The minimum atomic E-state index is -0.637. The van der Waals surface area contributed by atoms with Crippen LogP contribution in [-0.4, -0.2) is 9.97 Å². The molecule has 1 aromatic heterocycles. The van der Waals surface area contributed by atoms with E-state index >= 15 is 0 Å². The first kappa shape index (κ1) is 15.1. The summed E-state index contributed by atoms with van der Waals surface area (Å²) in [5.74, 6) is -0.854. The summed E-state index contributed by atoms with van der Waals surface area (Å²) in [5, 5.41) is 0. The van der Waals surface area contributed by atoms with Gasteiger partial charge in [-0.15, -0.1) is 0 Å². The summed E-state index contributed by atoms with van der Waals surface area (Å²) in [6, 6.07) is 3.29. The van der Waals surface area contributed by atoms with E-state index in [-0.39, 0.29) is 12.0 Å². The maximum absolute atomic E-state index is 13.1. The zero-order valence-corrected chi connectivity index (χ0v) is 13.0. The van der Waals surface area contributed by atoms with Crippen molar-refractivity contribution in [3.63, 3.8) is 0 Å². The van der Waals surface area contributed by atoms with Crippen molar-refractivity contribution in [2.45, 2.75) is 26.2 Å². The third-order valence-electron chi connectivity index (χ3n) is 2.76. The van der Waals surface area contributed by atoms with Crippen LogP contribution in [0.4, 0.5) is 8.78 Å². The number of hydrogen-bond donors (Lipinski definition) is 1. The van der Waals surface area contributed by atoms with E-state index in [2.05, 4.69) is 9.97 Å². The number of benzene rings is 1. The van der Waals surface area contributed by atoms with E-state index in [0.29, 0.717) is 21.4 Å². The number of nitrogens with one attached hydrogen (secondary N) is 1. The van der Waals surface area contributed by atoms with Gasteiger partial charge in [-0.2, -0.15) is 0 Å². The molecule has 0 aliphatic rings. The highest BCUT2D eigenvalue weighted by atomic mass is 127. The normalized spacial score (nSPS) is 10.8. The molecule has 0 atom stereocenters. The number of aromatic amines is 1. The molecule has 0 bridgehead atoms. The molecule has 1 N–H and O–H groups in total. The molecule has 0 saturated heterocycles. The third kappa shape index (κ3) is 3.62. The summed E-state index contributed by atoms with van der Waals surface area (Å²) in [7, 11) is 0. The Balaban J connectivity index is 2.36. The monoisotopic (exact) mass is 390 g/mol. The number of aromatic nitrogens is 2. The van der Waals surface area contributed by atoms with Gasteiger partial charge in [0.25, 0.3) is 5.56 Å². The van der Waals surface area contributed by atoms with Crippen molar-refractivity contribution in [2.24, 2.45) is 0 Å². The number of nitrogens with zero attached hydrogens (tertiary/aromatic N) is 1. The Morgan fingerprint density at radius 1 is 1.25 bits per heavy atom. The van der Waals surface area contributed by atoms with E-state index in [1.165, 1.54) is 12.1 Å². The molecule has 1 aromatic carbocycles. The zero-order chi connectivity index (χ0) is 14.7. The van der Waals surface area contributed by atoms with Gasteiger partial charge in [0.2, 0.25) is 0 Å². The minimum Gasteiger partial charge on any atom is -0.309 e. The lowest BCUT2D eigenvalue weighted by Gasteiger charge is -2.06. The predicted molar refractivity (Wildman–Crippen MR) is 80.7 cm³/mol. The Morgan fingerprint density at radius 2 is 1.90 bits per heavy atom. The summed E-state index contributed by atoms with van der Waals surface area (Å²) in [5.41, 5.74) is 0.953. The van der Waals surface area contributed by atoms with Crippen molar-refractivity contribution in [3.05, 3.63) is 60.8 Å². The van der Waals surface area contributed by atoms with E-state index in [1.54, 1.807) is 0 Å². The second kappa shape index (κ2) is 6.43. The van der Waals surface area contributed by atoms with Gasteiger partial charge in [-0.25, -0.2) is 13.8 Å². The van der Waals surface area contributed by atoms with Crippen molar-refractivity contribution >= 4 is 22.6 Å². The molecule has 0 amide bonds. The molecular formula is C14H13F2IN2O. The Labute approximate surface area is 128 Å². The molecule has 1 heterocycles. The topological polar surface area (TPSA) is 45.8 Å². The van der Waals surface area contributed by atoms with Gasteiger partial charge in [0, 0.05) is 12.5 Å². The number of hydrogen-bond acceptors (Lipinski definition) is 2. The van der Waals surface area contributed by atoms with Crippen molar-refractivity contribution < 1.29 is 8.78 Å². The van der Waals surface area contributed by atoms with Gasteiger partial charge in [0.1, 0.15) is 17.5 Å². The van der Waals surface area contributed by atoms with Crippen molar-refractivity contribution in [3.8, 4) is 0 Å². The van der Waals surface area contributed by atoms with Crippen LogP contribution in [0.25, 0.3) is 0 Å². The first-order valence-corrected chi connectivity index (χ1v) is 7.30. The molecule has 20 heavy (non-hydrogen) atoms. The number of aryl methyl sites for hydroxylation is 1. The lowest BCUT2D eigenvalue weighted by molar-refractivity contribution is 0.580. The molecule has 0 unspecified atom stereocenters. The number of halogens is 3. The molecule has 0 saturated carbocycles. The Kier molecular flexibility index (Phi) is 4.85. The van der Waals surface area contributed by atoms with Crippen LogP contribution in [0, 0.1) is 15.2 Å². The van der Waals surface area contributed by atoms with Crippen molar-refractivity contribution in [1.82, 2.24) is 9.97 Å². The lowest BCUT2D eigenvalue weighted by Crippen LogP contribution is -2.18. The second-order valence-corrected chi connectivity index (χ2v) is 5.56. The van der Waals surface area contributed by atoms with Crippen LogP contribution >= 0.6 is 22.6 Å². The standard InChI is InChI=1S/C14H13F2IN2O/c1-2-3-11-13(17)14(20)19-12(18-11)6-8-4-9(15)7-10(16)5-8/h4-5,7H,2-3,6H2,1H3,(H,18,19,20). The fourth-order valence-electron chi connectivity index (χ4n) is 1.95. The molecule has 0 spiro atoms. The molecule has 2 aromatic rings. The molecule has 0 aliphatic heterocycles. The molecule has 0 aliphatic carbocycles. The highest BCUT2D eigenvalue weighted by Gasteiger charge is 2.09. The van der Waals surface area contributed by atoms with E-state index in [1.807, 2.05) is 29.5 Å². The fraction of sp³-hybridized carbons (Fsp3) is 0.286. The van der Waals surface area contributed by atoms with Gasteiger partial charge in [0.15, 0.2) is 0 Å². The lowest BCUT2D eigenvalue weighted by atomic mass is 10.1. The first-order chi connectivity index (χ1) is 9.49. The summed E-state index contributed by atoms with van der Waals surface area (Å²) >= 11 is 1.96. The van der Waals surface area contributed by atoms with E-state index < -0.39 is 11.6 Å². The van der Waals surface area contributed by atoms with Crippen LogP contribution in [0.15, 0.2) is 23.0 Å². The van der Waals surface area contributed by atoms with Gasteiger partial charge >= 0.3 is 0 Å². The molecular weight excluding hydrogens is 377 g/mol. The average Bonchev–Trinajstić information content (AvgIpc) is 2.34. The summed E-state index contributed by atoms with van der Waals surface area (Å²) in [4.78, 5) is 18.8. The van der Waals surface area contributed by atoms with Crippen LogP contribution in [0.2, 0.25) is 0 Å². The van der Waals surface area contributed by atoms with Crippen LogP contribution < -0.4 is 5.56 Å². The van der Waals surface area contributed by atoms with Crippen LogP contribution in [0.1, 0.15) is 30.4 Å². The van der Waals surface area contributed by atoms with E-state index in [4.69, 9.17) is 0 Å². The molecule has 2 rings (SSSR count). The van der Waals surface area contributed by atoms with E-state index in [9.17, 15) is 13.6 Å². The highest BCUT2D eigenvalue weighted by molar-refractivity contribution is 14.1. The Morgan fingerprint density at radius 3 is 2.50 bits per heavy atom. The maximum Gasteiger partial charge on any atom is 0.264 e. The summed E-state index contributed by atoms with van der Waals surface area (Å²) < 4.78 is 26.8. The van der Waals surface area contributed by atoms with E-state index in [0.717, 1.165) is 18.2 Å². The van der Waals surface area contributed by atoms with Crippen LogP contribution in [0.3, 0.4) is 0 Å². The molecule has 6 heteroatoms. The molecule has 0 radical (unpaired) electrons. The Bertz CT molecular complexity index is 665. The van der Waals surface area contributed by atoms with Gasteiger partial charge in [-0.05, 0) is 46.7 Å². The Hall–Kier alpha value is -1.31. The number of H-pyrrole nitrogens is 1. The second-order valence-electron chi connectivity index (χ2n) is 4.48. The first-order valence-electron chi connectivity index (χ1n) is 6.22. The highest BCUT2D eigenvalue weighted by Crippen LogP contribution is 2.13. The maximum atomic E-state index is 13.1. The van der Waals surface area contributed by atoms with Crippen molar-refractivity contribution in [1.29, 1.82) is 0 Å². The number of rotatable bonds is 4. The molecule has 0 fully saturated rings. The largest absolute Gasteiger partial charge is 0.309 e. The van der Waals surface area contributed by atoms with Gasteiger partial charge in [-0.3, -0.25) is 4.79 Å². The SMILES string of the molecule is CCCc1nc(Cc2cc(F)cc(F)c2)[nH]c(=O)c1I. The zero-order valence-electron chi connectivity index (χ0n) is 10.8. The predicted octanol–water partition coefficient (Wildman–Crippen LogP) is 3.20. The molecule has 3 nitrogen and oxygen atoms in total. The minimum absolute atomic E-state index is 0.192. The van der Waals surface area contributed by atoms with Crippen LogP contribution in [-0.2, 0) is 12.8 Å². The van der Waals surface area contributed by atoms with Crippen molar-refractivity contribution in [2.75, 3.05) is 0 Å². The van der Waals surface area contributed by atoms with Crippen LogP contribution in [0.5, 0.6) is 0 Å². The van der Waals surface area contributed by atoms with Gasteiger partial charge < -0.3 is 4.98 Å². The third-order valence-corrected chi connectivity index (χ3v) is 3.87. The quantitative estimate of drug-likeness (QED) is 0.816. The molecule has 106 valence electrons. The van der Waals surface area contributed by atoms with Gasteiger partial charge in [0.05, 0.1) is 9.26 Å². The average molecular weight is 390 g/mol. The fourth-order valence-corrected chi connectivity index (χ4v) is 2.47. The summed E-state index contributed by atoms with van der Waals surface area (Å²) in [6.07, 6.45) is 1.77. The summed E-state index contributed by atoms with van der Waals surface area (Å²) in [6.45, 7) is 2.00.